The summed E-state index contributed by atoms with van der Waals surface area (Å²) in [6.45, 7) is 2.63. The van der Waals surface area contributed by atoms with Crippen LogP contribution in [0.2, 0.25) is 5.02 Å². The Kier molecular flexibility index (Phi) is 4.84. The van der Waals surface area contributed by atoms with Crippen molar-refractivity contribution >= 4 is 11.6 Å². The van der Waals surface area contributed by atoms with Gasteiger partial charge in [0.15, 0.2) is 5.82 Å². The van der Waals surface area contributed by atoms with Crippen molar-refractivity contribution < 1.29 is 0 Å². The first kappa shape index (κ1) is 18.0. The Morgan fingerprint density at radius 2 is 1.79 bits per heavy atom. The largest absolute Gasteiger partial charge is 0.294 e. The van der Waals surface area contributed by atoms with E-state index >= 15 is 0 Å². The molecule has 4 aromatic rings. The molecule has 29 heavy (non-hydrogen) atoms. The Morgan fingerprint density at radius 1 is 0.966 bits per heavy atom. The van der Waals surface area contributed by atoms with Gasteiger partial charge in [-0.2, -0.15) is 5.10 Å². The van der Waals surface area contributed by atoms with Crippen LogP contribution in [0.25, 0.3) is 22.6 Å². The van der Waals surface area contributed by atoms with Gasteiger partial charge in [-0.1, -0.05) is 54.1 Å². The summed E-state index contributed by atoms with van der Waals surface area (Å²) in [7, 11) is 0. The number of aromatic amines is 1. The van der Waals surface area contributed by atoms with Crippen molar-refractivity contribution in [3.05, 3.63) is 88.8 Å². The van der Waals surface area contributed by atoms with Crippen LogP contribution in [0.15, 0.2) is 67.0 Å². The number of nitrogens with zero attached hydrogens (tertiary/aromatic N) is 4. The zero-order valence-corrected chi connectivity index (χ0v) is 16.6. The fraction of sp³-hybridized carbons (Fsp3) is 0.174. The zero-order chi connectivity index (χ0) is 19.6. The van der Waals surface area contributed by atoms with E-state index in [1.807, 2.05) is 67.0 Å². The van der Waals surface area contributed by atoms with E-state index in [1.165, 1.54) is 11.1 Å². The first-order valence-electron chi connectivity index (χ1n) is 9.67. The lowest BCUT2D eigenvalue weighted by molar-refractivity contribution is 0.243. The number of aromatic nitrogens is 4. The van der Waals surface area contributed by atoms with Crippen molar-refractivity contribution in [3.8, 4) is 22.6 Å². The SMILES string of the molecule is Clc1ccc(-c2[nH]ncc2CN2CCc3nc(-c4ccccc4)ncc3C2)cc1. The number of H-pyrrole nitrogens is 1. The minimum absolute atomic E-state index is 0.734. The number of hydrogen-bond donors (Lipinski definition) is 1. The highest BCUT2D eigenvalue weighted by atomic mass is 35.5. The molecule has 0 amide bonds. The minimum Gasteiger partial charge on any atom is -0.294 e. The molecule has 2 aromatic carbocycles. The van der Waals surface area contributed by atoms with E-state index in [9.17, 15) is 0 Å². The van der Waals surface area contributed by atoms with Gasteiger partial charge in [0, 0.05) is 54.0 Å². The van der Waals surface area contributed by atoms with E-state index in [0.29, 0.717) is 0 Å². The average molecular weight is 402 g/mol. The van der Waals surface area contributed by atoms with Crippen molar-refractivity contribution in [1.82, 2.24) is 25.1 Å². The molecule has 0 bridgehead atoms. The van der Waals surface area contributed by atoms with Gasteiger partial charge in [-0.15, -0.1) is 0 Å². The number of fused-ring (bicyclic) bond motifs is 1. The van der Waals surface area contributed by atoms with Gasteiger partial charge < -0.3 is 0 Å². The third-order valence-corrected chi connectivity index (χ3v) is 5.54. The average Bonchev–Trinajstić information content (AvgIpc) is 3.22. The van der Waals surface area contributed by atoms with Crippen LogP contribution in [-0.4, -0.2) is 31.6 Å². The predicted molar refractivity (Wildman–Crippen MR) is 114 cm³/mol. The molecule has 1 N–H and O–H groups in total. The molecule has 0 aliphatic carbocycles. The second-order valence-electron chi connectivity index (χ2n) is 7.27. The van der Waals surface area contributed by atoms with Crippen molar-refractivity contribution in [1.29, 1.82) is 0 Å². The number of hydrogen-bond acceptors (Lipinski definition) is 4. The Labute approximate surface area is 174 Å². The van der Waals surface area contributed by atoms with Crippen LogP contribution in [0, 0.1) is 0 Å². The molecule has 0 saturated carbocycles. The van der Waals surface area contributed by atoms with Gasteiger partial charge in [-0.25, -0.2) is 9.97 Å². The first-order valence-corrected chi connectivity index (χ1v) is 10.0. The lowest BCUT2D eigenvalue weighted by Crippen LogP contribution is -2.31. The quantitative estimate of drug-likeness (QED) is 0.536. The summed E-state index contributed by atoms with van der Waals surface area (Å²) in [4.78, 5) is 11.8. The molecule has 0 fully saturated rings. The van der Waals surface area contributed by atoms with Crippen LogP contribution in [0.3, 0.4) is 0 Å². The number of nitrogens with one attached hydrogen (secondary N) is 1. The molecule has 0 atom stereocenters. The number of halogens is 1. The molecule has 1 aliphatic rings. The van der Waals surface area contributed by atoms with E-state index in [4.69, 9.17) is 16.6 Å². The van der Waals surface area contributed by atoms with Crippen LogP contribution in [0.5, 0.6) is 0 Å². The molecule has 1 aliphatic heterocycles. The van der Waals surface area contributed by atoms with Gasteiger partial charge in [0.1, 0.15) is 0 Å². The highest BCUT2D eigenvalue weighted by Crippen LogP contribution is 2.26. The normalized spacial score (nSPS) is 14.0. The summed E-state index contributed by atoms with van der Waals surface area (Å²) in [6.07, 6.45) is 4.81. The third-order valence-electron chi connectivity index (χ3n) is 5.29. The molecule has 0 spiro atoms. The molecule has 144 valence electrons. The van der Waals surface area contributed by atoms with Crippen LogP contribution in [-0.2, 0) is 19.5 Å². The molecule has 5 nitrogen and oxygen atoms in total. The Bertz CT molecular complexity index is 1120. The Balaban J connectivity index is 1.34. The smallest absolute Gasteiger partial charge is 0.159 e. The van der Waals surface area contributed by atoms with Crippen LogP contribution < -0.4 is 0 Å². The van der Waals surface area contributed by atoms with E-state index in [0.717, 1.165) is 59.4 Å². The fourth-order valence-electron chi connectivity index (χ4n) is 3.77. The maximum atomic E-state index is 6.02. The lowest BCUT2D eigenvalue weighted by Gasteiger charge is -2.28. The van der Waals surface area contributed by atoms with E-state index in [2.05, 4.69) is 20.1 Å². The maximum Gasteiger partial charge on any atom is 0.159 e. The van der Waals surface area contributed by atoms with Crippen LogP contribution in [0.4, 0.5) is 0 Å². The predicted octanol–water partition coefficient (Wildman–Crippen LogP) is 4.75. The molecule has 0 radical (unpaired) electrons. The molecule has 5 rings (SSSR count). The number of benzene rings is 2. The number of rotatable bonds is 4. The van der Waals surface area contributed by atoms with E-state index < -0.39 is 0 Å². The summed E-state index contributed by atoms with van der Waals surface area (Å²) in [6, 6.07) is 18.0. The first-order chi connectivity index (χ1) is 14.3. The summed E-state index contributed by atoms with van der Waals surface area (Å²) in [5.74, 6) is 0.803. The van der Waals surface area contributed by atoms with Gasteiger partial charge in [0.05, 0.1) is 17.6 Å². The third kappa shape index (κ3) is 3.79. The van der Waals surface area contributed by atoms with Crippen LogP contribution >= 0.6 is 11.6 Å². The van der Waals surface area contributed by atoms with Crippen molar-refractivity contribution in [3.63, 3.8) is 0 Å². The van der Waals surface area contributed by atoms with Crippen molar-refractivity contribution in [2.24, 2.45) is 0 Å². The zero-order valence-electron chi connectivity index (χ0n) is 15.8. The van der Waals surface area contributed by atoms with Crippen LogP contribution in [0.1, 0.15) is 16.8 Å². The minimum atomic E-state index is 0.734. The maximum absolute atomic E-state index is 6.02. The van der Waals surface area contributed by atoms with Gasteiger partial charge >= 0.3 is 0 Å². The summed E-state index contributed by atoms with van der Waals surface area (Å²) < 4.78 is 0. The molecule has 6 heteroatoms. The topological polar surface area (TPSA) is 57.7 Å². The lowest BCUT2D eigenvalue weighted by atomic mass is 10.0. The molecular weight excluding hydrogens is 382 g/mol. The standard InChI is InChI=1S/C23H20ClN5/c24-20-8-6-16(7-9-20)22-19(13-26-28-22)15-29-11-10-21-18(14-29)12-25-23(27-21)17-4-2-1-3-5-17/h1-9,12-13H,10-11,14-15H2,(H,26,28). The highest BCUT2D eigenvalue weighted by molar-refractivity contribution is 6.30. The molecule has 0 saturated heterocycles. The van der Waals surface area contributed by atoms with Gasteiger partial charge in [-0.3, -0.25) is 10.00 Å². The fourth-order valence-corrected chi connectivity index (χ4v) is 3.90. The Hall–Kier alpha value is -3.02. The highest BCUT2D eigenvalue weighted by Gasteiger charge is 2.20. The van der Waals surface area contributed by atoms with Gasteiger partial charge in [0.25, 0.3) is 0 Å². The molecule has 3 heterocycles. The van der Waals surface area contributed by atoms with Crippen molar-refractivity contribution in [2.45, 2.75) is 19.5 Å². The van der Waals surface area contributed by atoms with Crippen molar-refractivity contribution in [2.75, 3.05) is 6.54 Å². The second kappa shape index (κ2) is 7.78. The molecule has 2 aromatic heterocycles. The Morgan fingerprint density at radius 3 is 2.62 bits per heavy atom. The van der Waals surface area contributed by atoms with Gasteiger partial charge in [0.2, 0.25) is 0 Å². The summed E-state index contributed by atoms with van der Waals surface area (Å²) in [5, 5.41) is 8.13. The molecule has 0 unspecified atom stereocenters. The summed E-state index contributed by atoms with van der Waals surface area (Å²) >= 11 is 6.02. The van der Waals surface area contributed by atoms with Gasteiger partial charge in [-0.05, 0) is 17.7 Å². The molecular formula is C23H20ClN5. The monoisotopic (exact) mass is 401 g/mol. The van der Waals surface area contributed by atoms with E-state index in [-0.39, 0.29) is 0 Å². The van der Waals surface area contributed by atoms with E-state index in [1.54, 1.807) is 0 Å². The summed E-state index contributed by atoms with van der Waals surface area (Å²) in [5.41, 5.74) is 6.73. The second-order valence-corrected chi connectivity index (χ2v) is 7.71.